The van der Waals surface area contributed by atoms with Crippen molar-refractivity contribution < 1.29 is 9.21 Å². The number of amides is 1. The minimum atomic E-state index is -0.247. The number of fused-ring (bicyclic) bond motifs is 1. The Morgan fingerprint density at radius 3 is 3.17 bits per heavy atom. The van der Waals surface area contributed by atoms with Crippen molar-refractivity contribution in [1.82, 2.24) is 0 Å². The van der Waals surface area contributed by atoms with Crippen LogP contribution in [-0.4, -0.2) is 5.91 Å². The molecule has 0 spiro atoms. The summed E-state index contributed by atoms with van der Waals surface area (Å²) in [7, 11) is 0. The molecule has 5 heteroatoms. The summed E-state index contributed by atoms with van der Waals surface area (Å²) in [4.78, 5) is 13.3. The number of hydrogen-bond donors (Lipinski definition) is 1. The molecule has 0 bridgehead atoms. The molecule has 0 unspecified atom stereocenters. The van der Waals surface area contributed by atoms with Gasteiger partial charge in [0.15, 0.2) is 0 Å². The predicted octanol–water partition coefficient (Wildman–Crippen LogP) is 4.38. The van der Waals surface area contributed by atoms with E-state index < -0.39 is 0 Å². The summed E-state index contributed by atoms with van der Waals surface area (Å²) in [5, 5.41) is 13.0. The molecule has 0 fully saturated rings. The maximum atomic E-state index is 12.1. The van der Waals surface area contributed by atoms with Gasteiger partial charge in [-0.1, -0.05) is 13.3 Å². The largest absolute Gasteiger partial charge is 0.465 e. The molecule has 1 amide bonds. The van der Waals surface area contributed by atoms with Crippen molar-refractivity contribution in [3.63, 3.8) is 0 Å². The fraction of sp³-hybridized carbons (Fsp3) is 0.333. The molecule has 1 N–H and O–H groups in total. The fourth-order valence-electron chi connectivity index (χ4n) is 2.91. The lowest BCUT2D eigenvalue weighted by Crippen LogP contribution is -2.12. The van der Waals surface area contributed by atoms with Crippen molar-refractivity contribution in [3.05, 3.63) is 46.2 Å². The molecule has 1 aliphatic rings. The van der Waals surface area contributed by atoms with E-state index in [-0.39, 0.29) is 5.91 Å². The van der Waals surface area contributed by atoms with Crippen LogP contribution in [-0.2, 0) is 17.6 Å². The van der Waals surface area contributed by atoms with Crippen molar-refractivity contribution in [2.45, 2.75) is 32.6 Å². The lowest BCUT2D eigenvalue weighted by atomic mass is 9.86. The average molecular weight is 326 g/mol. The zero-order chi connectivity index (χ0) is 16.2. The first-order valence-electron chi connectivity index (χ1n) is 7.78. The third-order valence-electron chi connectivity index (χ3n) is 4.24. The molecule has 1 aliphatic carbocycles. The van der Waals surface area contributed by atoms with Gasteiger partial charge in [0.05, 0.1) is 11.8 Å². The normalized spacial score (nSPS) is 17.0. The highest BCUT2D eigenvalue weighted by Gasteiger charge is 2.25. The molecule has 2 heterocycles. The lowest BCUT2D eigenvalue weighted by molar-refractivity contribution is -0.111. The van der Waals surface area contributed by atoms with E-state index in [2.05, 4.69) is 18.3 Å². The molecule has 4 nitrogen and oxygen atoms in total. The maximum absolute atomic E-state index is 12.1. The molecule has 0 aromatic carbocycles. The third kappa shape index (κ3) is 3.38. The van der Waals surface area contributed by atoms with Crippen molar-refractivity contribution in [1.29, 1.82) is 5.26 Å². The Morgan fingerprint density at radius 2 is 2.48 bits per heavy atom. The van der Waals surface area contributed by atoms with E-state index in [1.54, 1.807) is 35.8 Å². The van der Waals surface area contributed by atoms with Gasteiger partial charge in [-0.05, 0) is 49.0 Å². The number of thiophene rings is 1. The summed E-state index contributed by atoms with van der Waals surface area (Å²) in [5.74, 6) is 1.07. The van der Waals surface area contributed by atoms with E-state index in [0.29, 0.717) is 22.2 Å². The van der Waals surface area contributed by atoms with E-state index in [0.717, 1.165) is 31.2 Å². The van der Waals surface area contributed by atoms with Gasteiger partial charge >= 0.3 is 0 Å². The molecular formula is C18H18N2O2S. The number of rotatable bonds is 4. The standard InChI is InChI=1S/C18H18N2O2S/c1-2-12-5-7-14-15(11-19)18(23-16(14)10-12)20-17(21)8-6-13-4-3-9-22-13/h3-4,6,8-9,12H,2,5,7,10H2,1H3,(H,20,21)/b8-6+/t12-/m0/s1. The van der Waals surface area contributed by atoms with E-state index in [1.165, 1.54) is 11.0 Å². The van der Waals surface area contributed by atoms with Gasteiger partial charge in [0, 0.05) is 11.0 Å². The number of nitrogens with zero attached hydrogens (tertiary/aromatic N) is 1. The van der Waals surface area contributed by atoms with Gasteiger partial charge < -0.3 is 9.73 Å². The Hall–Kier alpha value is -2.32. The molecule has 0 radical (unpaired) electrons. The van der Waals surface area contributed by atoms with Gasteiger partial charge in [-0.3, -0.25) is 4.79 Å². The first kappa shape index (κ1) is 15.6. The van der Waals surface area contributed by atoms with Crippen LogP contribution in [0.15, 0.2) is 28.9 Å². The molecule has 118 valence electrons. The highest BCUT2D eigenvalue weighted by Crippen LogP contribution is 2.39. The van der Waals surface area contributed by atoms with E-state index in [9.17, 15) is 10.1 Å². The summed E-state index contributed by atoms with van der Waals surface area (Å²) in [6.07, 6.45) is 8.83. The molecule has 0 aliphatic heterocycles. The second-order valence-electron chi connectivity index (χ2n) is 5.67. The third-order valence-corrected chi connectivity index (χ3v) is 5.41. The van der Waals surface area contributed by atoms with Crippen molar-refractivity contribution >= 4 is 28.3 Å². The van der Waals surface area contributed by atoms with Crippen molar-refractivity contribution in [2.75, 3.05) is 5.32 Å². The number of hydrogen-bond acceptors (Lipinski definition) is 4. The number of nitriles is 1. The Balaban J connectivity index is 1.77. The van der Waals surface area contributed by atoms with Crippen LogP contribution in [0.4, 0.5) is 5.00 Å². The van der Waals surface area contributed by atoms with Gasteiger partial charge in [-0.15, -0.1) is 11.3 Å². The van der Waals surface area contributed by atoms with Gasteiger partial charge in [-0.2, -0.15) is 5.26 Å². The molecule has 2 aromatic heterocycles. The molecule has 0 saturated carbocycles. The van der Waals surface area contributed by atoms with Crippen LogP contribution >= 0.6 is 11.3 Å². The number of anilines is 1. The smallest absolute Gasteiger partial charge is 0.249 e. The van der Waals surface area contributed by atoms with Crippen LogP contribution in [0.3, 0.4) is 0 Å². The molecule has 0 saturated heterocycles. The number of carbonyl (C=O) groups excluding carboxylic acids is 1. The Bertz CT molecular complexity index is 766. The minimum Gasteiger partial charge on any atom is -0.465 e. The highest BCUT2D eigenvalue weighted by atomic mass is 32.1. The van der Waals surface area contributed by atoms with Gasteiger partial charge in [0.1, 0.15) is 16.8 Å². The highest BCUT2D eigenvalue weighted by molar-refractivity contribution is 7.16. The van der Waals surface area contributed by atoms with E-state index in [4.69, 9.17) is 4.42 Å². The van der Waals surface area contributed by atoms with Crippen LogP contribution in [0.25, 0.3) is 6.08 Å². The average Bonchev–Trinajstić information content (AvgIpc) is 3.19. The summed E-state index contributed by atoms with van der Waals surface area (Å²) in [5.41, 5.74) is 1.77. The Kier molecular flexibility index (Phi) is 4.63. The lowest BCUT2D eigenvalue weighted by Gasteiger charge is -2.20. The van der Waals surface area contributed by atoms with Crippen LogP contribution in [0, 0.1) is 17.2 Å². The van der Waals surface area contributed by atoms with Crippen LogP contribution in [0.5, 0.6) is 0 Å². The first-order valence-corrected chi connectivity index (χ1v) is 8.60. The zero-order valence-electron chi connectivity index (χ0n) is 13.0. The predicted molar refractivity (Wildman–Crippen MR) is 91.2 cm³/mol. The monoisotopic (exact) mass is 326 g/mol. The van der Waals surface area contributed by atoms with Crippen molar-refractivity contribution in [2.24, 2.45) is 5.92 Å². The van der Waals surface area contributed by atoms with Crippen LogP contribution < -0.4 is 5.32 Å². The van der Waals surface area contributed by atoms with E-state index in [1.807, 2.05) is 0 Å². The van der Waals surface area contributed by atoms with Gasteiger partial charge in [0.25, 0.3) is 0 Å². The van der Waals surface area contributed by atoms with Gasteiger partial charge in [0.2, 0.25) is 5.91 Å². The summed E-state index contributed by atoms with van der Waals surface area (Å²) >= 11 is 1.55. The quantitative estimate of drug-likeness (QED) is 0.848. The topological polar surface area (TPSA) is 66.0 Å². The first-order chi connectivity index (χ1) is 11.2. The van der Waals surface area contributed by atoms with Crippen LogP contribution in [0.1, 0.15) is 41.5 Å². The summed E-state index contributed by atoms with van der Waals surface area (Å²) in [6.45, 7) is 2.20. The maximum Gasteiger partial charge on any atom is 0.249 e. The molecule has 3 rings (SSSR count). The SMILES string of the molecule is CC[C@H]1CCc2c(sc(NC(=O)/C=C/c3ccco3)c2C#N)C1. The zero-order valence-corrected chi connectivity index (χ0v) is 13.8. The number of carbonyl (C=O) groups is 1. The molecule has 2 aromatic rings. The van der Waals surface area contributed by atoms with E-state index >= 15 is 0 Å². The number of nitrogens with one attached hydrogen (secondary N) is 1. The second kappa shape index (κ2) is 6.84. The van der Waals surface area contributed by atoms with Crippen molar-refractivity contribution in [3.8, 4) is 6.07 Å². The summed E-state index contributed by atoms with van der Waals surface area (Å²) in [6, 6.07) is 5.81. The Morgan fingerprint density at radius 1 is 1.61 bits per heavy atom. The number of furan rings is 1. The fourth-order valence-corrected chi connectivity index (χ4v) is 4.22. The molecular weight excluding hydrogens is 308 g/mol. The van der Waals surface area contributed by atoms with Crippen LogP contribution in [0.2, 0.25) is 0 Å². The second-order valence-corrected chi connectivity index (χ2v) is 6.78. The molecule has 1 atom stereocenters. The van der Waals surface area contributed by atoms with Gasteiger partial charge in [-0.25, -0.2) is 0 Å². The minimum absolute atomic E-state index is 0.247. The Labute approximate surface area is 139 Å². The summed E-state index contributed by atoms with van der Waals surface area (Å²) < 4.78 is 5.15. The molecule has 23 heavy (non-hydrogen) atoms.